The fraction of sp³-hybridized carbons (Fsp3) is 0.818. The Morgan fingerprint density at radius 3 is 2.56 bits per heavy atom. The zero-order valence-electron chi connectivity index (χ0n) is 10.6. The van der Waals surface area contributed by atoms with E-state index in [1.54, 1.807) is 7.11 Å². The van der Waals surface area contributed by atoms with E-state index in [1.807, 2.05) is 0 Å². The van der Waals surface area contributed by atoms with Gasteiger partial charge in [-0.15, -0.1) is 0 Å². The maximum absolute atomic E-state index is 11.5. The summed E-state index contributed by atoms with van der Waals surface area (Å²) in [6.45, 7) is 0.176. The van der Waals surface area contributed by atoms with Crippen molar-refractivity contribution in [3.63, 3.8) is 0 Å². The van der Waals surface area contributed by atoms with Crippen LogP contribution in [0.25, 0.3) is 0 Å². The molecular formula is C11H20N2O5. The van der Waals surface area contributed by atoms with Gasteiger partial charge in [0.05, 0.1) is 18.6 Å². The van der Waals surface area contributed by atoms with E-state index in [1.165, 1.54) is 7.11 Å². The molecule has 0 saturated heterocycles. The average molecular weight is 260 g/mol. The van der Waals surface area contributed by atoms with Crippen LogP contribution in [0.1, 0.15) is 19.3 Å². The van der Waals surface area contributed by atoms with Crippen molar-refractivity contribution in [1.29, 1.82) is 0 Å². The van der Waals surface area contributed by atoms with Crippen molar-refractivity contribution in [3.05, 3.63) is 0 Å². The minimum absolute atomic E-state index is 0.133. The zero-order chi connectivity index (χ0) is 13.5. The van der Waals surface area contributed by atoms with Gasteiger partial charge in [0.25, 0.3) is 0 Å². The molecule has 104 valence electrons. The summed E-state index contributed by atoms with van der Waals surface area (Å²) in [7, 11) is 3.07. The molecule has 1 rings (SSSR count). The van der Waals surface area contributed by atoms with Gasteiger partial charge < -0.3 is 25.2 Å². The second-order valence-electron chi connectivity index (χ2n) is 4.34. The average Bonchev–Trinajstić information content (AvgIpc) is 2.27. The number of carbonyl (C=O) groups excluding carboxylic acids is 1. The van der Waals surface area contributed by atoms with Crippen LogP contribution < -0.4 is 10.6 Å². The molecule has 7 heteroatoms. The number of aliphatic carboxylic acids is 1. The highest BCUT2D eigenvalue weighted by atomic mass is 16.5. The minimum atomic E-state index is -0.953. The highest BCUT2D eigenvalue weighted by Crippen LogP contribution is 2.22. The number of ether oxygens (including phenoxy) is 2. The van der Waals surface area contributed by atoms with E-state index in [-0.39, 0.29) is 31.1 Å². The number of carboxylic acid groups (broad SMARTS) is 1. The quantitative estimate of drug-likeness (QED) is 0.596. The molecule has 1 saturated carbocycles. The molecule has 18 heavy (non-hydrogen) atoms. The molecule has 2 amide bonds. The van der Waals surface area contributed by atoms with E-state index in [9.17, 15) is 9.59 Å². The molecule has 0 aromatic heterocycles. The summed E-state index contributed by atoms with van der Waals surface area (Å²) in [4.78, 5) is 22.0. The van der Waals surface area contributed by atoms with Crippen LogP contribution in [0.15, 0.2) is 0 Å². The number of carboxylic acids is 1. The summed E-state index contributed by atoms with van der Waals surface area (Å²) < 4.78 is 10.0. The number of methoxy groups -OCH3 is 2. The lowest BCUT2D eigenvalue weighted by atomic mass is 9.89. The van der Waals surface area contributed by atoms with Crippen LogP contribution in [0, 0.1) is 0 Å². The fourth-order valence-electron chi connectivity index (χ4n) is 1.75. The van der Waals surface area contributed by atoms with Crippen molar-refractivity contribution in [2.75, 3.05) is 20.8 Å². The van der Waals surface area contributed by atoms with Gasteiger partial charge in [-0.2, -0.15) is 0 Å². The Morgan fingerprint density at radius 1 is 1.39 bits per heavy atom. The van der Waals surface area contributed by atoms with Crippen molar-refractivity contribution in [1.82, 2.24) is 10.6 Å². The van der Waals surface area contributed by atoms with Crippen molar-refractivity contribution in [2.45, 2.75) is 37.5 Å². The Bertz CT molecular complexity index is 291. The van der Waals surface area contributed by atoms with Crippen LogP contribution >= 0.6 is 0 Å². The Balaban J connectivity index is 2.14. The number of amides is 2. The van der Waals surface area contributed by atoms with Gasteiger partial charge in [-0.1, -0.05) is 0 Å². The molecule has 1 atom stereocenters. The number of rotatable bonds is 7. The zero-order valence-corrected chi connectivity index (χ0v) is 10.6. The molecule has 0 spiro atoms. The first-order valence-corrected chi connectivity index (χ1v) is 5.87. The summed E-state index contributed by atoms with van der Waals surface area (Å²) in [5.41, 5.74) is 0. The van der Waals surface area contributed by atoms with Gasteiger partial charge in [-0.3, -0.25) is 4.79 Å². The highest BCUT2D eigenvalue weighted by Gasteiger charge is 2.30. The first kappa shape index (κ1) is 14.7. The number of carbonyl (C=O) groups is 2. The predicted octanol–water partition coefficient (Wildman–Crippen LogP) is -0.0473. The van der Waals surface area contributed by atoms with Crippen LogP contribution in [0.3, 0.4) is 0 Å². The molecule has 0 heterocycles. The van der Waals surface area contributed by atoms with Gasteiger partial charge in [0, 0.05) is 26.8 Å². The lowest BCUT2D eigenvalue weighted by Gasteiger charge is -2.34. The molecule has 0 radical (unpaired) electrons. The topological polar surface area (TPSA) is 96.9 Å². The third kappa shape index (κ3) is 4.89. The van der Waals surface area contributed by atoms with E-state index in [2.05, 4.69) is 10.6 Å². The second-order valence-corrected chi connectivity index (χ2v) is 4.34. The van der Waals surface area contributed by atoms with Crippen LogP contribution in [0.5, 0.6) is 0 Å². The fourth-order valence-corrected chi connectivity index (χ4v) is 1.75. The molecule has 0 bridgehead atoms. The number of hydrogen-bond donors (Lipinski definition) is 3. The third-order valence-electron chi connectivity index (χ3n) is 2.99. The Hall–Kier alpha value is -1.34. The van der Waals surface area contributed by atoms with E-state index in [4.69, 9.17) is 14.6 Å². The van der Waals surface area contributed by atoms with Crippen molar-refractivity contribution < 1.29 is 24.2 Å². The number of urea groups is 1. The van der Waals surface area contributed by atoms with Crippen LogP contribution in [-0.2, 0) is 14.3 Å². The largest absolute Gasteiger partial charge is 0.481 e. The van der Waals surface area contributed by atoms with Crippen molar-refractivity contribution in [2.24, 2.45) is 0 Å². The highest BCUT2D eigenvalue weighted by molar-refractivity contribution is 5.74. The van der Waals surface area contributed by atoms with Crippen LogP contribution in [-0.4, -0.2) is 56.1 Å². The lowest BCUT2D eigenvalue weighted by Crippen LogP contribution is -2.51. The molecule has 1 aliphatic rings. The summed E-state index contributed by atoms with van der Waals surface area (Å²) in [5.74, 6) is -0.953. The van der Waals surface area contributed by atoms with Gasteiger partial charge in [-0.05, 0) is 12.8 Å². The second kappa shape index (κ2) is 7.17. The molecule has 0 aromatic carbocycles. The SMILES string of the molecule is COC(CNC(=O)NC1CC(OC)C1)CC(=O)O. The first-order chi connectivity index (χ1) is 8.55. The molecule has 1 fully saturated rings. The molecule has 1 aliphatic carbocycles. The number of nitrogens with one attached hydrogen (secondary N) is 2. The summed E-state index contributed by atoms with van der Waals surface area (Å²) >= 11 is 0. The van der Waals surface area contributed by atoms with Crippen LogP contribution in [0.4, 0.5) is 4.79 Å². The maximum Gasteiger partial charge on any atom is 0.315 e. The number of hydrogen-bond acceptors (Lipinski definition) is 4. The van der Waals surface area contributed by atoms with Crippen molar-refractivity contribution >= 4 is 12.0 Å². The van der Waals surface area contributed by atoms with E-state index in [0.717, 1.165) is 12.8 Å². The van der Waals surface area contributed by atoms with Crippen molar-refractivity contribution in [3.8, 4) is 0 Å². The molecule has 7 nitrogen and oxygen atoms in total. The van der Waals surface area contributed by atoms with Gasteiger partial charge >= 0.3 is 12.0 Å². The monoisotopic (exact) mass is 260 g/mol. The van der Waals surface area contributed by atoms with Gasteiger partial charge in [0.2, 0.25) is 0 Å². The summed E-state index contributed by atoms with van der Waals surface area (Å²) in [6.07, 6.45) is 1.21. The smallest absolute Gasteiger partial charge is 0.315 e. The third-order valence-corrected chi connectivity index (χ3v) is 2.99. The maximum atomic E-state index is 11.5. The molecular weight excluding hydrogens is 240 g/mol. The summed E-state index contributed by atoms with van der Waals surface area (Å²) in [5, 5.41) is 14.0. The molecule has 1 unspecified atom stereocenters. The minimum Gasteiger partial charge on any atom is -0.481 e. The Morgan fingerprint density at radius 2 is 2.06 bits per heavy atom. The molecule has 0 aromatic rings. The van der Waals surface area contributed by atoms with Crippen LogP contribution in [0.2, 0.25) is 0 Å². The standard InChI is InChI=1S/C11H20N2O5/c1-17-8-3-7(4-8)13-11(16)12-6-9(18-2)5-10(14)15/h7-9H,3-6H2,1-2H3,(H,14,15)(H2,12,13,16). The predicted molar refractivity (Wildman–Crippen MR) is 63.4 cm³/mol. The van der Waals surface area contributed by atoms with E-state index in [0.29, 0.717) is 0 Å². The molecule has 0 aliphatic heterocycles. The lowest BCUT2D eigenvalue weighted by molar-refractivity contribution is -0.139. The van der Waals surface area contributed by atoms with Gasteiger partial charge in [0.15, 0.2) is 0 Å². The van der Waals surface area contributed by atoms with E-state index < -0.39 is 12.1 Å². The summed E-state index contributed by atoms with van der Waals surface area (Å²) in [6, 6.07) is -0.169. The van der Waals surface area contributed by atoms with E-state index >= 15 is 0 Å². The Kier molecular flexibility index (Phi) is 5.87. The Labute approximate surface area is 106 Å². The molecule has 3 N–H and O–H groups in total. The van der Waals surface area contributed by atoms with Gasteiger partial charge in [0.1, 0.15) is 0 Å². The first-order valence-electron chi connectivity index (χ1n) is 5.87. The normalized spacial score (nSPS) is 23.9. The van der Waals surface area contributed by atoms with Gasteiger partial charge in [-0.25, -0.2) is 4.79 Å².